The van der Waals surface area contributed by atoms with Crippen LogP contribution in [0, 0.1) is 6.92 Å². The Morgan fingerprint density at radius 3 is 2.50 bits per heavy atom. The lowest BCUT2D eigenvalue weighted by Gasteiger charge is -2.05. The summed E-state index contributed by atoms with van der Waals surface area (Å²) in [5, 5.41) is 0.684. The molecule has 0 atom stereocenters. The second kappa shape index (κ2) is 6.24. The standard InChI is InChI=1S/C17H17N3O3S/c1-10-4-6-11(7-5-10)13(21)9-24-14-8-12-15(18-14)19(2)17(23)20(3)16(12)22/h4-7H,8-9H2,1-3H3. The van der Waals surface area contributed by atoms with Gasteiger partial charge in [0, 0.05) is 26.1 Å². The van der Waals surface area contributed by atoms with Crippen LogP contribution in [0.2, 0.25) is 0 Å². The first kappa shape index (κ1) is 16.4. The quantitative estimate of drug-likeness (QED) is 0.794. The van der Waals surface area contributed by atoms with E-state index < -0.39 is 5.69 Å². The number of rotatable bonds is 3. The highest BCUT2D eigenvalue weighted by molar-refractivity contribution is 8.14. The van der Waals surface area contributed by atoms with Crippen molar-refractivity contribution in [2.75, 3.05) is 5.75 Å². The molecule has 6 nitrogen and oxygen atoms in total. The molecule has 0 saturated carbocycles. The molecule has 1 aromatic carbocycles. The molecule has 1 aromatic heterocycles. The molecule has 24 heavy (non-hydrogen) atoms. The predicted octanol–water partition coefficient (Wildman–Crippen LogP) is 1.59. The van der Waals surface area contributed by atoms with E-state index in [-0.39, 0.29) is 17.1 Å². The second-order valence-electron chi connectivity index (χ2n) is 5.77. The summed E-state index contributed by atoms with van der Waals surface area (Å²) in [5.74, 6) is 0.665. The fraction of sp³-hybridized carbons (Fsp3) is 0.294. The minimum Gasteiger partial charge on any atom is -0.293 e. The fourth-order valence-corrected chi connectivity index (χ4v) is 3.43. The van der Waals surface area contributed by atoms with Gasteiger partial charge < -0.3 is 0 Å². The van der Waals surface area contributed by atoms with Gasteiger partial charge >= 0.3 is 5.69 Å². The molecule has 0 bridgehead atoms. The first-order valence-electron chi connectivity index (χ1n) is 7.47. The molecule has 1 aliphatic heterocycles. The molecular formula is C17H17N3O3S. The Morgan fingerprint density at radius 2 is 1.83 bits per heavy atom. The van der Waals surface area contributed by atoms with E-state index in [9.17, 15) is 14.4 Å². The van der Waals surface area contributed by atoms with E-state index in [1.54, 1.807) is 7.05 Å². The van der Waals surface area contributed by atoms with Crippen molar-refractivity contribution in [3.63, 3.8) is 0 Å². The van der Waals surface area contributed by atoms with Crippen molar-refractivity contribution in [3.8, 4) is 0 Å². The van der Waals surface area contributed by atoms with Crippen LogP contribution in [0.1, 0.15) is 21.5 Å². The molecule has 0 amide bonds. The monoisotopic (exact) mass is 343 g/mol. The lowest BCUT2D eigenvalue weighted by Crippen LogP contribution is -2.38. The van der Waals surface area contributed by atoms with Gasteiger partial charge in [-0.1, -0.05) is 29.8 Å². The Hall–Kier alpha value is -2.41. The number of carbonyl (C=O) groups is 1. The van der Waals surface area contributed by atoms with Crippen LogP contribution in [0.15, 0.2) is 38.8 Å². The van der Waals surface area contributed by atoms with E-state index in [1.165, 1.54) is 23.4 Å². The van der Waals surface area contributed by atoms with Crippen LogP contribution in [0.25, 0.3) is 0 Å². The van der Waals surface area contributed by atoms with Gasteiger partial charge in [-0.05, 0) is 6.92 Å². The van der Waals surface area contributed by atoms with Crippen molar-refractivity contribution in [1.29, 1.82) is 0 Å². The summed E-state index contributed by atoms with van der Waals surface area (Å²) in [7, 11) is 3.05. The number of fused-ring (bicyclic) bond motifs is 1. The summed E-state index contributed by atoms with van der Waals surface area (Å²) in [6, 6.07) is 7.42. The Labute approximate surface area is 142 Å². The van der Waals surface area contributed by atoms with Gasteiger partial charge in [0.05, 0.1) is 16.4 Å². The van der Waals surface area contributed by atoms with Crippen molar-refractivity contribution >= 4 is 28.4 Å². The van der Waals surface area contributed by atoms with Crippen LogP contribution >= 0.6 is 11.8 Å². The number of benzene rings is 1. The third-order valence-corrected chi connectivity index (χ3v) is 5.00. The second-order valence-corrected chi connectivity index (χ2v) is 6.82. The van der Waals surface area contributed by atoms with Crippen LogP contribution in [-0.2, 0) is 20.5 Å². The van der Waals surface area contributed by atoms with E-state index in [2.05, 4.69) is 4.99 Å². The van der Waals surface area contributed by atoms with E-state index in [4.69, 9.17) is 0 Å². The number of ketones is 1. The first-order valence-corrected chi connectivity index (χ1v) is 8.46. The number of thioether (sulfide) groups is 1. The van der Waals surface area contributed by atoms with Gasteiger partial charge in [0.25, 0.3) is 5.56 Å². The van der Waals surface area contributed by atoms with Gasteiger partial charge in [-0.25, -0.2) is 9.79 Å². The van der Waals surface area contributed by atoms with Gasteiger partial charge in [-0.15, -0.1) is 11.8 Å². The lowest BCUT2D eigenvalue weighted by molar-refractivity contribution is 0.102. The highest BCUT2D eigenvalue weighted by Gasteiger charge is 2.23. The molecule has 0 aliphatic carbocycles. The molecule has 2 aromatic rings. The normalized spacial score (nSPS) is 12.9. The smallest absolute Gasteiger partial charge is 0.293 e. The van der Waals surface area contributed by atoms with Crippen molar-refractivity contribution in [1.82, 2.24) is 9.13 Å². The minimum absolute atomic E-state index is 0.0143. The average Bonchev–Trinajstić information content (AvgIpc) is 3.01. The molecule has 0 fully saturated rings. The summed E-state index contributed by atoms with van der Waals surface area (Å²) in [6.45, 7) is 1.97. The minimum atomic E-state index is -0.399. The SMILES string of the molecule is Cc1ccc(C(=O)CSC2=Nc3c(c(=O)n(C)c(=O)n3C)C2)cc1. The zero-order chi connectivity index (χ0) is 17.4. The molecule has 0 unspecified atom stereocenters. The Bertz CT molecular complexity index is 968. The van der Waals surface area contributed by atoms with E-state index in [0.29, 0.717) is 28.4 Å². The summed E-state index contributed by atoms with van der Waals surface area (Å²) in [5.41, 5.74) is 1.55. The predicted molar refractivity (Wildman–Crippen MR) is 95.7 cm³/mol. The summed E-state index contributed by atoms with van der Waals surface area (Å²) in [4.78, 5) is 40.7. The van der Waals surface area contributed by atoms with Gasteiger partial charge in [0.1, 0.15) is 5.82 Å². The largest absolute Gasteiger partial charge is 0.332 e. The highest BCUT2D eigenvalue weighted by atomic mass is 32.2. The van der Waals surface area contributed by atoms with Crippen LogP contribution < -0.4 is 11.2 Å². The number of nitrogens with zero attached hydrogens (tertiary/aromatic N) is 3. The van der Waals surface area contributed by atoms with Crippen molar-refractivity contribution in [2.45, 2.75) is 13.3 Å². The van der Waals surface area contributed by atoms with Gasteiger partial charge in [-0.2, -0.15) is 0 Å². The third-order valence-electron chi connectivity index (χ3n) is 4.03. The van der Waals surface area contributed by atoms with E-state index in [0.717, 1.165) is 10.1 Å². The van der Waals surface area contributed by atoms with E-state index >= 15 is 0 Å². The van der Waals surface area contributed by atoms with Gasteiger partial charge in [-0.3, -0.25) is 18.7 Å². The topological polar surface area (TPSA) is 73.4 Å². The molecule has 7 heteroatoms. The lowest BCUT2D eigenvalue weighted by atomic mass is 10.1. The maximum absolute atomic E-state index is 12.2. The van der Waals surface area contributed by atoms with Crippen LogP contribution in [0.5, 0.6) is 0 Å². The maximum atomic E-state index is 12.2. The van der Waals surface area contributed by atoms with Crippen LogP contribution in [-0.4, -0.2) is 25.7 Å². The molecule has 0 spiro atoms. The average molecular weight is 343 g/mol. The Kier molecular flexibility index (Phi) is 4.28. The first-order chi connectivity index (χ1) is 11.4. The molecule has 124 valence electrons. The number of Topliss-reactive ketones (excluding diaryl/α,β-unsaturated/α-hetero) is 1. The molecule has 3 rings (SSSR count). The molecule has 1 aliphatic rings. The number of carbonyl (C=O) groups excluding carboxylic acids is 1. The fourth-order valence-electron chi connectivity index (χ4n) is 2.56. The Morgan fingerprint density at radius 1 is 1.17 bits per heavy atom. The number of aryl methyl sites for hydroxylation is 1. The zero-order valence-corrected chi connectivity index (χ0v) is 14.5. The summed E-state index contributed by atoms with van der Waals surface area (Å²) in [6.07, 6.45) is 0.363. The van der Waals surface area contributed by atoms with Crippen molar-refractivity contribution in [3.05, 3.63) is 61.8 Å². The maximum Gasteiger partial charge on any atom is 0.332 e. The third kappa shape index (κ3) is 2.87. The van der Waals surface area contributed by atoms with E-state index in [1.807, 2.05) is 31.2 Å². The van der Waals surface area contributed by atoms with Crippen LogP contribution in [0.3, 0.4) is 0 Å². The van der Waals surface area contributed by atoms with Crippen LogP contribution in [0.4, 0.5) is 5.82 Å². The molecule has 0 saturated heterocycles. The number of aromatic nitrogens is 2. The summed E-state index contributed by atoms with van der Waals surface area (Å²) < 4.78 is 2.45. The molecule has 2 heterocycles. The van der Waals surface area contributed by atoms with Crippen molar-refractivity contribution < 1.29 is 4.79 Å². The number of aliphatic imine (C=N–C) groups is 1. The van der Waals surface area contributed by atoms with Gasteiger partial charge in [0.15, 0.2) is 5.78 Å². The van der Waals surface area contributed by atoms with Gasteiger partial charge in [0.2, 0.25) is 0 Å². The summed E-state index contributed by atoms with van der Waals surface area (Å²) >= 11 is 1.31. The Balaban J connectivity index is 1.76. The number of hydrogen-bond acceptors (Lipinski definition) is 5. The molecular weight excluding hydrogens is 326 g/mol. The molecule has 0 N–H and O–H groups in total. The zero-order valence-electron chi connectivity index (χ0n) is 13.7. The molecule has 0 radical (unpaired) electrons. The highest BCUT2D eigenvalue weighted by Crippen LogP contribution is 2.26. The van der Waals surface area contributed by atoms with Crippen molar-refractivity contribution in [2.24, 2.45) is 19.1 Å². The number of hydrogen-bond donors (Lipinski definition) is 0.